The maximum atomic E-state index is 11.7. The minimum atomic E-state index is 0.107. The van der Waals surface area contributed by atoms with E-state index in [0.717, 1.165) is 45.1 Å². The normalized spacial score (nSPS) is 32.4. The van der Waals surface area contributed by atoms with Gasteiger partial charge in [0.25, 0.3) is 0 Å². The minimum absolute atomic E-state index is 0.107. The van der Waals surface area contributed by atoms with Crippen molar-refractivity contribution < 1.29 is 4.79 Å². The number of carbonyl (C=O) groups excluding carboxylic acids is 1. The second-order valence-corrected chi connectivity index (χ2v) is 4.92. The van der Waals surface area contributed by atoms with Crippen molar-refractivity contribution in [2.24, 2.45) is 5.92 Å². The summed E-state index contributed by atoms with van der Waals surface area (Å²) < 4.78 is 0. The maximum Gasteiger partial charge on any atom is 0.237 e. The van der Waals surface area contributed by atoms with E-state index in [1.807, 2.05) is 0 Å². The van der Waals surface area contributed by atoms with Gasteiger partial charge in [0, 0.05) is 19.6 Å². The molecule has 0 radical (unpaired) electrons. The van der Waals surface area contributed by atoms with Crippen molar-refractivity contribution >= 4 is 5.91 Å². The molecule has 0 spiro atoms. The number of rotatable bonds is 3. The topological polar surface area (TPSA) is 44.4 Å². The van der Waals surface area contributed by atoms with Crippen LogP contribution in [0.2, 0.25) is 0 Å². The zero-order chi connectivity index (χ0) is 11.4. The van der Waals surface area contributed by atoms with Gasteiger partial charge in [-0.1, -0.05) is 6.92 Å². The van der Waals surface area contributed by atoms with Crippen molar-refractivity contribution in [3.63, 3.8) is 0 Å². The molecular formula is C12H23N3O. The molecule has 0 aromatic carbocycles. The lowest BCUT2D eigenvalue weighted by atomic mass is 9.97. The number of amides is 1. The summed E-state index contributed by atoms with van der Waals surface area (Å²) in [6, 6.07) is 0.107. The largest absolute Gasteiger partial charge is 0.353 e. The van der Waals surface area contributed by atoms with Crippen LogP contribution < -0.4 is 10.6 Å². The standard InChI is InChI=1S/C12H23N3O/c1-2-11-12(16)14-6-7-15(11)9-10-4-3-5-13-8-10/h10-11,13H,2-9H2,1H3,(H,14,16). The number of nitrogens with one attached hydrogen (secondary N) is 2. The van der Waals surface area contributed by atoms with Gasteiger partial charge in [0.2, 0.25) is 5.91 Å². The summed E-state index contributed by atoms with van der Waals surface area (Å²) in [4.78, 5) is 14.1. The van der Waals surface area contributed by atoms with Crippen LogP contribution in [0.25, 0.3) is 0 Å². The average Bonchev–Trinajstić information content (AvgIpc) is 2.31. The number of hydrogen-bond acceptors (Lipinski definition) is 3. The van der Waals surface area contributed by atoms with Crippen LogP contribution in [0.15, 0.2) is 0 Å². The third-order valence-electron chi connectivity index (χ3n) is 3.72. The van der Waals surface area contributed by atoms with Crippen LogP contribution >= 0.6 is 0 Å². The summed E-state index contributed by atoms with van der Waals surface area (Å²) in [7, 11) is 0. The molecule has 16 heavy (non-hydrogen) atoms. The molecule has 0 aromatic heterocycles. The summed E-state index contributed by atoms with van der Waals surface area (Å²) in [5.41, 5.74) is 0. The van der Waals surface area contributed by atoms with E-state index in [9.17, 15) is 4.79 Å². The molecule has 2 unspecified atom stereocenters. The Bertz CT molecular complexity index is 238. The van der Waals surface area contributed by atoms with Crippen molar-refractivity contribution in [1.29, 1.82) is 0 Å². The molecule has 2 atom stereocenters. The molecule has 4 nitrogen and oxygen atoms in total. The molecule has 2 fully saturated rings. The molecular weight excluding hydrogens is 202 g/mol. The fraction of sp³-hybridized carbons (Fsp3) is 0.917. The SMILES string of the molecule is CCC1C(=O)NCCN1CC1CCCNC1. The van der Waals surface area contributed by atoms with E-state index < -0.39 is 0 Å². The molecule has 2 rings (SSSR count). The molecule has 2 N–H and O–H groups in total. The molecule has 2 saturated heterocycles. The third kappa shape index (κ3) is 2.74. The van der Waals surface area contributed by atoms with Crippen LogP contribution in [0.5, 0.6) is 0 Å². The van der Waals surface area contributed by atoms with E-state index in [-0.39, 0.29) is 11.9 Å². The lowest BCUT2D eigenvalue weighted by Crippen LogP contribution is -2.56. The first-order chi connectivity index (χ1) is 7.81. The second-order valence-electron chi connectivity index (χ2n) is 4.92. The summed E-state index contributed by atoms with van der Waals surface area (Å²) in [5.74, 6) is 0.950. The number of carbonyl (C=O) groups is 1. The lowest BCUT2D eigenvalue weighted by Gasteiger charge is -2.37. The molecule has 0 aromatic rings. The predicted octanol–water partition coefficient (Wildman–Crippen LogP) is 0.196. The van der Waals surface area contributed by atoms with Gasteiger partial charge >= 0.3 is 0 Å². The second kappa shape index (κ2) is 5.64. The predicted molar refractivity (Wildman–Crippen MR) is 64.3 cm³/mol. The van der Waals surface area contributed by atoms with Crippen LogP contribution in [0.4, 0.5) is 0 Å². The summed E-state index contributed by atoms with van der Waals surface area (Å²) >= 11 is 0. The van der Waals surface area contributed by atoms with Gasteiger partial charge in [-0.3, -0.25) is 9.69 Å². The van der Waals surface area contributed by atoms with Crippen molar-refractivity contribution in [2.45, 2.75) is 32.2 Å². The van der Waals surface area contributed by atoms with E-state index in [4.69, 9.17) is 0 Å². The zero-order valence-corrected chi connectivity index (χ0v) is 10.2. The Morgan fingerprint density at radius 3 is 3.00 bits per heavy atom. The zero-order valence-electron chi connectivity index (χ0n) is 10.2. The number of hydrogen-bond donors (Lipinski definition) is 2. The van der Waals surface area contributed by atoms with E-state index in [0.29, 0.717) is 0 Å². The van der Waals surface area contributed by atoms with Crippen LogP contribution in [0.1, 0.15) is 26.2 Å². The summed E-state index contributed by atoms with van der Waals surface area (Å²) in [6.45, 7) is 7.29. The van der Waals surface area contributed by atoms with Crippen LogP contribution in [0, 0.1) is 5.92 Å². The maximum absolute atomic E-state index is 11.7. The van der Waals surface area contributed by atoms with Crippen molar-refractivity contribution in [2.75, 3.05) is 32.7 Å². The van der Waals surface area contributed by atoms with Gasteiger partial charge in [-0.25, -0.2) is 0 Å². The van der Waals surface area contributed by atoms with Crippen molar-refractivity contribution in [3.05, 3.63) is 0 Å². The highest BCUT2D eigenvalue weighted by molar-refractivity contribution is 5.82. The van der Waals surface area contributed by atoms with Crippen molar-refractivity contribution in [1.82, 2.24) is 15.5 Å². The fourth-order valence-corrected chi connectivity index (χ4v) is 2.84. The Balaban J connectivity index is 1.88. The molecule has 0 bridgehead atoms. The Hall–Kier alpha value is -0.610. The first-order valence-electron chi connectivity index (χ1n) is 6.53. The molecule has 0 saturated carbocycles. The van der Waals surface area contributed by atoms with Crippen LogP contribution in [-0.2, 0) is 4.79 Å². The highest BCUT2D eigenvalue weighted by atomic mass is 16.2. The van der Waals surface area contributed by atoms with Gasteiger partial charge in [0.15, 0.2) is 0 Å². The van der Waals surface area contributed by atoms with Crippen molar-refractivity contribution in [3.8, 4) is 0 Å². The first kappa shape index (κ1) is 11.9. The fourth-order valence-electron chi connectivity index (χ4n) is 2.84. The van der Waals surface area contributed by atoms with Gasteiger partial charge in [0.1, 0.15) is 0 Å². The van der Waals surface area contributed by atoms with E-state index in [2.05, 4.69) is 22.5 Å². The molecule has 2 heterocycles. The van der Waals surface area contributed by atoms with E-state index in [1.54, 1.807) is 0 Å². The summed E-state index contributed by atoms with van der Waals surface area (Å²) in [5, 5.41) is 6.40. The molecule has 1 amide bonds. The summed E-state index contributed by atoms with van der Waals surface area (Å²) in [6.07, 6.45) is 3.51. The number of piperidine rings is 1. The third-order valence-corrected chi connectivity index (χ3v) is 3.72. The molecule has 2 aliphatic rings. The average molecular weight is 225 g/mol. The molecule has 92 valence electrons. The van der Waals surface area contributed by atoms with Gasteiger partial charge in [-0.15, -0.1) is 0 Å². The Labute approximate surface area is 97.8 Å². The minimum Gasteiger partial charge on any atom is -0.353 e. The lowest BCUT2D eigenvalue weighted by molar-refractivity contribution is -0.129. The molecule has 0 aliphatic carbocycles. The quantitative estimate of drug-likeness (QED) is 0.721. The monoisotopic (exact) mass is 225 g/mol. The van der Waals surface area contributed by atoms with Crippen LogP contribution in [0.3, 0.4) is 0 Å². The highest BCUT2D eigenvalue weighted by Crippen LogP contribution is 2.16. The van der Waals surface area contributed by atoms with E-state index >= 15 is 0 Å². The Morgan fingerprint density at radius 1 is 1.44 bits per heavy atom. The number of nitrogens with zero attached hydrogens (tertiary/aromatic N) is 1. The van der Waals surface area contributed by atoms with Gasteiger partial charge in [-0.05, 0) is 38.3 Å². The van der Waals surface area contributed by atoms with Gasteiger partial charge in [-0.2, -0.15) is 0 Å². The Morgan fingerprint density at radius 2 is 2.31 bits per heavy atom. The van der Waals surface area contributed by atoms with Crippen LogP contribution in [-0.4, -0.2) is 49.6 Å². The first-order valence-corrected chi connectivity index (χ1v) is 6.53. The number of piperazine rings is 1. The highest BCUT2D eigenvalue weighted by Gasteiger charge is 2.29. The molecule has 2 aliphatic heterocycles. The van der Waals surface area contributed by atoms with E-state index in [1.165, 1.54) is 12.8 Å². The Kier molecular flexibility index (Phi) is 4.18. The van der Waals surface area contributed by atoms with Gasteiger partial charge in [0.05, 0.1) is 6.04 Å². The smallest absolute Gasteiger partial charge is 0.237 e. The van der Waals surface area contributed by atoms with Gasteiger partial charge < -0.3 is 10.6 Å². The molecule has 4 heteroatoms.